The van der Waals surface area contributed by atoms with E-state index in [0.717, 1.165) is 21.8 Å². The number of carbonyl (C=O) groups excluding carboxylic acids is 1. The summed E-state index contributed by atoms with van der Waals surface area (Å²) in [5, 5.41) is 19.4. The maximum atomic E-state index is 12.7. The molecule has 0 saturated carbocycles. The summed E-state index contributed by atoms with van der Waals surface area (Å²) >= 11 is 4.88. The number of amides is 1. The summed E-state index contributed by atoms with van der Waals surface area (Å²) in [5.74, 6) is -0.242. The minimum atomic E-state index is -0.485. The maximum absolute atomic E-state index is 12.7. The van der Waals surface area contributed by atoms with Crippen molar-refractivity contribution in [1.29, 1.82) is 0 Å². The number of morpholine rings is 1. The van der Waals surface area contributed by atoms with Crippen molar-refractivity contribution in [2.45, 2.75) is 6.54 Å². The first kappa shape index (κ1) is 19.6. The lowest BCUT2D eigenvalue weighted by Gasteiger charge is -2.23. The van der Waals surface area contributed by atoms with Gasteiger partial charge in [-0.3, -0.25) is 4.79 Å². The van der Waals surface area contributed by atoms with Crippen molar-refractivity contribution in [1.82, 2.24) is 30.7 Å². The number of thiophene rings is 1. The Morgan fingerprint density at radius 3 is 2.93 bits per heavy atom. The molecule has 0 aromatic carbocycles. The van der Waals surface area contributed by atoms with Gasteiger partial charge in [0.05, 0.1) is 23.2 Å². The van der Waals surface area contributed by atoms with E-state index in [4.69, 9.17) is 10.5 Å². The van der Waals surface area contributed by atoms with E-state index < -0.39 is 5.91 Å². The van der Waals surface area contributed by atoms with E-state index in [0.29, 0.717) is 25.5 Å². The second kappa shape index (κ2) is 8.77. The van der Waals surface area contributed by atoms with Gasteiger partial charge in [-0.1, -0.05) is 5.21 Å². The zero-order valence-electron chi connectivity index (χ0n) is 15.0. The molecular formula is C15H17BrN9O3S+. The molecule has 0 aliphatic carbocycles. The number of anilines is 1. The van der Waals surface area contributed by atoms with Crippen LogP contribution in [-0.4, -0.2) is 63.7 Å². The van der Waals surface area contributed by atoms with E-state index in [1.807, 2.05) is 12.1 Å². The second-order valence-electron chi connectivity index (χ2n) is 6.15. The molecular weight excluding hydrogens is 466 g/mol. The second-order valence-corrected chi connectivity index (χ2v) is 8.64. The van der Waals surface area contributed by atoms with Gasteiger partial charge in [-0.15, -0.1) is 16.4 Å². The fraction of sp³-hybridized carbons (Fsp3) is 0.333. The normalized spacial score (nSPS) is 15.2. The van der Waals surface area contributed by atoms with Gasteiger partial charge in [0.2, 0.25) is 11.6 Å². The predicted octanol–water partition coefficient (Wildman–Crippen LogP) is -0.764. The standard InChI is InChI=1S/C15H16BrN9O3S/c16-11-2-1-9(29-11)7-18-20-15(26)12-10(8-24-3-5-27-6-4-24)25(23-19-12)14-13(17)21-28-22-14/h1-2,7H,3-6,8H2,(H2,17,21)(H,20,26)/p+1. The number of nitrogens with one attached hydrogen (secondary N) is 2. The van der Waals surface area contributed by atoms with E-state index >= 15 is 0 Å². The number of hydrogen-bond donors (Lipinski definition) is 3. The van der Waals surface area contributed by atoms with Crippen LogP contribution in [0, 0.1) is 0 Å². The Morgan fingerprint density at radius 1 is 1.41 bits per heavy atom. The zero-order valence-corrected chi connectivity index (χ0v) is 17.4. The molecule has 1 saturated heterocycles. The molecule has 0 spiro atoms. The van der Waals surface area contributed by atoms with Gasteiger partial charge in [-0.05, 0) is 38.4 Å². The first-order valence-electron chi connectivity index (χ1n) is 8.65. The van der Waals surface area contributed by atoms with Crippen LogP contribution < -0.4 is 16.1 Å². The molecule has 1 amide bonds. The van der Waals surface area contributed by atoms with Crippen LogP contribution >= 0.6 is 27.3 Å². The van der Waals surface area contributed by atoms with Crippen LogP contribution in [0.1, 0.15) is 21.1 Å². The number of nitrogens with two attached hydrogens (primary N) is 1. The third kappa shape index (κ3) is 4.50. The molecule has 1 fully saturated rings. The molecule has 0 radical (unpaired) electrons. The fourth-order valence-electron chi connectivity index (χ4n) is 2.82. The van der Waals surface area contributed by atoms with Gasteiger partial charge in [-0.2, -0.15) is 9.78 Å². The third-order valence-corrected chi connectivity index (χ3v) is 5.80. The molecule has 4 heterocycles. The molecule has 14 heteroatoms. The van der Waals surface area contributed by atoms with Crippen LogP contribution in [0.5, 0.6) is 0 Å². The Kier molecular flexibility index (Phi) is 5.94. The monoisotopic (exact) mass is 482 g/mol. The van der Waals surface area contributed by atoms with Crippen molar-refractivity contribution >= 4 is 45.2 Å². The smallest absolute Gasteiger partial charge is 0.294 e. The van der Waals surface area contributed by atoms with Crippen molar-refractivity contribution in [2.75, 3.05) is 32.0 Å². The van der Waals surface area contributed by atoms with Crippen LogP contribution in [0.15, 0.2) is 25.6 Å². The largest absolute Gasteiger partial charge is 0.378 e. The highest BCUT2D eigenvalue weighted by Gasteiger charge is 2.28. The van der Waals surface area contributed by atoms with Gasteiger partial charge < -0.3 is 15.4 Å². The Labute approximate surface area is 176 Å². The molecule has 1 aliphatic heterocycles. The minimum Gasteiger partial charge on any atom is -0.378 e. The number of rotatable bonds is 6. The molecule has 0 atom stereocenters. The van der Waals surface area contributed by atoms with Gasteiger partial charge in [0.15, 0.2) is 5.69 Å². The van der Waals surface area contributed by atoms with Gasteiger partial charge >= 0.3 is 0 Å². The third-order valence-electron chi connectivity index (χ3n) is 4.24. The molecule has 4 rings (SSSR count). The number of hydrazone groups is 1. The quantitative estimate of drug-likeness (QED) is 0.306. The molecule has 3 aromatic rings. The van der Waals surface area contributed by atoms with E-state index in [2.05, 4.69) is 51.7 Å². The van der Waals surface area contributed by atoms with Crippen LogP contribution in [-0.2, 0) is 11.3 Å². The molecule has 29 heavy (non-hydrogen) atoms. The van der Waals surface area contributed by atoms with Crippen molar-refractivity contribution < 1.29 is 19.1 Å². The lowest BCUT2D eigenvalue weighted by molar-refractivity contribution is -0.921. The number of quaternary nitrogens is 1. The highest BCUT2D eigenvalue weighted by atomic mass is 79.9. The Bertz CT molecular complexity index is 1020. The van der Waals surface area contributed by atoms with Crippen LogP contribution in [0.4, 0.5) is 5.82 Å². The number of halogens is 1. The molecule has 12 nitrogen and oxygen atoms in total. The first-order valence-corrected chi connectivity index (χ1v) is 10.3. The number of ether oxygens (including phenoxy) is 1. The summed E-state index contributed by atoms with van der Waals surface area (Å²) in [7, 11) is 0. The Morgan fingerprint density at radius 2 is 2.24 bits per heavy atom. The molecule has 1 aliphatic rings. The highest BCUT2D eigenvalue weighted by Crippen LogP contribution is 2.20. The van der Waals surface area contributed by atoms with E-state index in [9.17, 15) is 4.79 Å². The van der Waals surface area contributed by atoms with Crippen molar-refractivity contribution in [3.63, 3.8) is 0 Å². The van der Waals surface area contributed by atoms with Crippen molar-refractivity contribution in [3.05, 3.63) is 32.2 Å². The van der Waals surface area contributed by atoms with Crippen molar-refractivity contribution in [2.24, 2.45) is 5.10 Å². The average molecular weight is 483 g/mol. The summed E-state index contributed by atoms with van der Waals surface area (Å²) < 4.78 is 12.4. The van der Waals surface area contributed by atoms with E-state index in [-0.39, 0.29) is 17.3 Å². The fourth-order valence-corrected chi connectivity index (χ4v) is 4.12. The number of nitrogens with zero attached hydrogens (tertiary/aromatic N) is 6. The van der Waals surface area contributed by atoms with E-state index in [1.54, 1.807) is 6.21 Å². The zero-order chi connectivity index (χ0) is 20.2. The van der Waals surface area contributed by atoms with Gasteiger partial charge in [0.25, 0.3) is 5.91 Å². The highest BCUT2D eigenvalue weighted by molar-refractivity contribution is 9.11. The number of aromatic nitrogens is 5. The van der Waals surface area contributed by atoms with E-state index in [1.165, 1.54) is 20.9 Å². The number of hydrogen-bond acceptors (Lipinski definition) is 10. The lowest BCUT2D eigenvalue weighted by atomic mass is 10.2. The molecule has 0 unspecified atom stereocenters. The molecule has 3 aromatic heterocycles. The van der Waals surface area contributed by atoms with Gasteiger partial charge in [0, 0.05) is 4.88 Å². The molecule has 0 bridgehead atoms. The van der Waals surface area contributed by atoms with Crippen LogP contribution in [0.2, 0.25) is 0 Å². The summed E-state index contributed by atoms with van der Waals surface area (Å²) in [6, 6.07) is 3.78. The summed E-state index contributed by atoms with van der Waals surface area (Å²) in [4.78, 5) is 14.8. The average Bonchev–Trinajstić information content (AvgIpc) is 3.43. The Balaban J connectivity index is 1.57. The molecule has 4 N–H and O–H groups in total. The lowest BCUT2D eigenvalue weighted by Crippen LogP contribution is -3.12. The predicted molar refractivity (Wildman–Crippen MR) is 106 cm³/mol. The minimum absolute atomic E-state index is 0.0568. The van der Waals surface area contributed by atoms with Gasteiger partial charge in [0.1, 0.15) is 25.3 Å². The summed E-state index contributed by atoms with van der Waals surface area (Å²) in [6.07, 6.45) is 1.56. The van der Waals surface area contributed by atoms with Crippen molar-refractivity contribution in [3.8, 4) is 5.82 Å². The topological polar surface area (TPSA) is 151 Å². The first-order chi connectivity index (χ1) is 14.1. The SMILES string of the molecule is Nc1nonc1-n1nnc(C(=O)NN=Cc2ccc(Br)s2)c1C[NH+]1CCOCC1. The number of nitrogen functional groups attached to an aromatic ring is 1. The Hall–Kier alpha value is -2.68. The summed E-state index contributed by atoms with van der Waals surface area (Å²) in [5.41, 5.74) is 8.96. The van der Waals surface area contributed by atoms with Crippen LogP contribution in [0.3, 0.4) is 0 Å². The maximum Gasteiger partial charge on any atom is 0.294 e. The van der Waals surface area contributed by atoms with Crippen LogP contribution in [0.25, 0.3) is 5.82 Å². The number of carbonyl (C=O) groups is 1. The molecule has 152 valence electrons. The summed E-state index contributed by atoms with van der Waals surface area (Å²) in [6.45, 7) is 3.36. The van der Waals surface area contributed by atoms with Gasteiger partial charge in [-0.25, -0.2) is 10.1 Å².